The zero-order chi connectivity index (χ0) is 15.8. The fraction of sp³-hybridized carbons (Fsp3) is 0.571. The molecule has 2 aliphatic carbocycles. The van der Waals surface area contributed by atoms with Crippen LogP contribution in [-0.2, 0) is 20.0 Å². The minimum absolute atomic E-state index is 0.00179. The fourth-order valence-electron chi connectivity index (χ4n) is 2.63. The van der Waals surface area contributed by atoms with Gasteiger partial charge in [0.2, 0.25) is 20.0 Å². The molecule has 3 rings (SSSR count). The smallest absolute Gasteiger partial charge is 0.208 e. The van der Waals surface area contributed by atoms with E-state index in [0.29, 0.717) is 0 Å². The van der Waals surface area contributed by atoms with E-state index in [4.69, 9.17) is 0 Å². The summed E-state index contributed by atoms with van der Waals surface area (Å²) in [5, 5.41) is 0. The molecule has 1 aromatic rings. The number of nitrogens with one attached hydrogen (secondary N) is 2. The van der Waals surface area contributed by atoms with Crippen LogP contribution >= 0.6 is 0 Å². The van der Waals surface area contributed by atoms with E-state index in [-0.39, 0.29) is 21.9 Å². The van der Waals surface area contributed by atoms with Crippen molar-refractivity contribution >= 4 is 20.0 Å². The molecule has 0 atom stereocenters. The first-order valence-electron chi connectivity index (χ1n) is 7.51. The lowest BCUT2D eigenvalue weighted by atomic mass is 10.3. The van der Waals surface area contributed by atoms with Crippen LogP contribution in [0.1, 0.15) is 38.5 Å². The summed E-state index contributed by atoms with van der Waals surface area (Å²) in [4.78, 5) is -0.00762. The predicted molar refractivity (Wildman–Crippen MR) is 82.4 cm³/mol. The van der Waals surface area contributed by atoms with Crippen molar-refractivity contribution < 1.29 is 16.8 Å². The molecule has 0 amide bonds. The molecule has 0 unspecified atom stereocenters. The Morgan fingerprint density at radius 1 is 0.773 bits per heavy atom. The first-order chi connectivity index (χ1) is 10.4. The van der Waals surface area contributed by atoms with Gasteiger partial charge < -0.3 is 0 Å². The van der Waals surface area contributed by atoms with Gasteiger partial charge in [-0.05, 0) is 43.9 Å². The van der Waals surface area contributed by atoms with Crippen LogP contribution in [0.5, 0.6) is 0 Å². The summed E-state index contributed by atoms with van der Waals surface area (Å²) in [7, 11) is -7.33. The van der Waals surface area contributed by atoms with Crippen LogP contribution in [0.4, 0.5) is 0 Å². The van der Waals surface area contributed by atoms with Crippen LogP contribution in [0.25, 0.3) is 0 Å². The second kappa shape index (κ2) is 5.92. The van der Waals surface area contributed by atoms with E-state index in [1.807, 2.05) is 0 Å². The van der Waals surface area contributed by atoms with E-state index in [9.17, 15) is 16.8 Å². The molecule has 122 valence electrons. The summed E-state index contributed by atoms with van der Waals surface area (Å²) >= 11 is 0. The standard InChI is InChI=1S/C14H20N2O4S2/c17-21(18,15-11-4-1-2-5-11)13-6-3-7-14(10-13)22(19,20)16-12-8-9-12/h3,6-7,10-12,15-16H,1-2,4-5,8-9H2. The van der Waals surface area contributed by atoms with Gasteiger partial charge in [-0.3, -0.25) is 0 Å². The van der Waals surface area contributed by atoms with Gasteiger partial charge in [-0.1, -0.05) is 18.9 Å². The second-order valence-corrected chi connectivity index (χ2v) is 9.40. The lowest BCUT2D eigenvalue weighted by Gasteiger charge is -2.13. The summed E-state index contributed by atoms with van der Waals surface area (Å²) in [5.74, 6) is 0. The molecule has 22 heavy (non-hydrogen) atoms. The Morgan fingerprint density at radius 3 is 1.68 bits per heavy atom. The number of hydrogen-bond acceptors (Lipinski definition) is 4. The third kappa shape index (κ3) is 3.68. The highest BCUT2D eigenvalue weighted by atomic mass is 32.2. The van der Waals surface area contributed by atoms with Crippen LogP contribution in [0.15, 0.2) is 34.1 Å². The maximum atomic E-state index is 12.4. The van der Waals surface area contributed by atoms with Crippen molar-refractivity contribution in [3.8, 4) is 0 Å². The minimum atomic E-state index is -3.68. The van der Waals surface area contributed by atoms with Gasteiger partial charge in [0, 0.05) is 12.1 Å². The Labute approximate surface area is 131 Å². The molecule has 2 N–H and O–H groups in total. The summed E-state index contributed by atoms with van der Waals surface area (Å²) in [6.07, 6.45) is 5.38. The lowest BCUT2D eigenvalue weighted by molar-refractivity contribution is 0.552. The molecule has 0 bridgehead atoms. The molecule has 0 aromatic heterocycles. The highest BCUT2D eigenvalue weighted by Crippen LogP contribution is 2.24. The molecular weight excluding hydrogens is 324 g/mol. The minimum Gasteiger partial charge on any atom is -0.208 e. The molecule has 0 spiro atoms. The van der Waals surface area contributed by atoms with Crippen molar-refractivity contribution in [2.75, 3.05) is 0 Å². The second-order valence-electron chi connectivity index (χ2n) is 5.97. The first-order valence-corrected chi connectivity index (χ1v) is 10.5. The van der Waals surface area contributed by atoms with E-state index in [1.165, 1.54) is 24.3 Å². The number of benzene rings is 1. The van der Waals surface area contributed by atoms with Gasteiger partial charge in [-0.25, -0.2) is 26.3 Å². The molecule has 2 saturated carbocycles. The van der Waals surface area contributed by atoms with E-state index < -0.39 is 20.0 Å². The maximum Gasteiger partial charge on any atom is 0.240 e. The van der Waals surface area contributed by atoms with E-state index in [1.54, 1.807) is 0 Å². The molecule has 0 saturated heterocycles. The summed E-state index contributed by atoms with van der Waals surface area (Å²) in [6, 6.07) is 5.47. The molecule has 8 heteroatoms. The van der Waals surface area contributed by atoms with Crippen LogP contribution in [-0.4, -0.2) is 28.9 Å². The molecule has 2 fully saturated rings. The molecule has 0 heterocycles. The Balaban J connectivity index is 1.83. The number of hydrogen-bond donors (Lipinski definition) is 2. The van der Waals surface area contributed by atoms with E-state index >= 15 is 0 Å². The molecule has 0 aliphatic heterocycles. The van der Waals surface area contributed by atoms with Gasteiger partial charge >= 0.3 is 0 Å². The van der Waals surface area contributed by atoms with Gasteiger partial charge in [-0.15, -0.1) is 0 Å². The quantitative estimate of drug-likeness (QED) is 0.815. The Morgan fingerprint density at radius 2 is 1.23 bits per heavy atom. The molecule has 0 radical (unpaired) electrons. The monoisotopic (exact) mass is 344 g/mol. The largest absolute Gasteiger partial charge is 0.240 e. The van der Waals surface area contributed by atoms with Crippen molar-refractivity contribution in [2.24, 2.45) is 0 Å². The SMILES string of the molecule is O=S(=O)(NC1CCCC1)c1cccc(S(=O)(=O)NC2CC2)c1. The predicted octanol–water partition coefficient (Wildman–Crippen LogP) is 1.35. The van der Waals surface area contributed by atoms with Crippen molar-refractivity contribution in [3.05, 3.63) is 24.3 Å². The summed E-state index contributed by atoms with van der Waals surface area (Å²) in [5.41, 5.74) is 0. The first kappa shape index (κ1) is 15.9. The van der Waals surface area contributed by atoms with Crippen LogP contribution in [0, 0.1) is 0 Å². The fourth-order valence-corrected chi connectivity index (χ4v) is 5.40. The average Bonchev–Trinajstić information content (AvgIpc) is 3.11. The number of sulfonamides is 2. The van der Waals surface area contributed by atoms with Gasteiger partial charge in [0.15, 0.2) is 0 Å². The zero-order valence-corrected chi connectivity index (χ0v) is 13.8. The van der Waals surface area contributed by atoms with Crippen molar-refractivity contribution in [2.45, 2.75) is 60.4 Å². The third-order valence-corrected chi connectivity index (χ3v) is 7.04. The molecule has 2 aliphatic rings. The van der Waals surface area contributed by atoms with Gasteiger partial charge in [0.25, 0.3) is 0 Å². The van der Waals surface area contributed by atoms with Crippen LogP contribution in [0.2, 0.25) is 0 Å². The molecule has 6 nitrogen and oxygen atoms in total. The normalized spacial score (nSPS) is 20.4. The highest BCUT2D eigenvalue weighted by molar-refractivity contribution is 7.90. The highest BCUT2D eigenvalue weighted by Gasteiger charge is 2.29. The Hall–Kier alpha value is -0.960. The zero-order valence-electron chi connectivity index (χ0n) is 12.2. The van der Waals surface area contributed by atoms with Crippen LogP contribution < -0.4 is 9.44 Å². The van der Waals surface area contributed by atoms with Crippen molar-refractivity contribution in [3.63, 3.8) is 0 Å². The third-order valence-electron chi connectivity index (χ3n) is 4.00. The topological polar surface area (TPSA) is 92.3 Å². The molecular formula is C14H20N2O4S2. The number of rotatable bonds is 6. The molecule has 1 aromatic carbocycles. The van der Waals surface area contributed by atoms with Gasteiger partial charge in [0.05, 0.1) is 9.79 Å². The summed E-state index contributed by atoms with van der Waals surface area (Å²) in [6.45, 7) is 0. The van der Waals surface area contributed by atoms with Crippen LogP contribution in [0.3, 0.4) is 0 Å². The van der Waals surface area contributed by atoms with Crippen molar-refractivity contribution in [1.82, 2.24) is 9.44 Å². The maximum absolute atomic E-state index is 12.4. The van der Waals surface area contributed by atoms with E-state index in [2.05, 4.69) is 9.44 Å². The Bertz CT molecular complexity index is 749. The summed E-state index contributed by atoms with van der Waals surface area (Å²) < 4.78 is 54.3. The van der Waals surface area contributed by atoms with Gasteiger partial charge in [0.1, 0.15) is 0 Å². The Kier molecular flexibility index (Phi) is 4.28. The van der Waals surface area contributed by atoms with Crippen molar-refractivity contribution in [1.29, 1.82) is 0 Å². The van der Waals surface area contributed by atoms with Gasteiger partial charge in [-0.2, -0.15) is 0 Å². The van der Waals surface area contributed by atoms with E-state index in [0.717, 1.165) is 38.5 Å². The lowest BCUT2D eigenvalue weighted by Crippen LogP contribution is -2.33. The average molecular weight is 344 g/mol.